The highest BCUT2D eigenvalue weighted by Gasteiger charge is 2.38. The zero-order valence-electron chi connectivity index (χ0n) is 15.5. The summed E-state index contributed by atoms with van der Waals surface area (Å²) in [5.41, 5.74) is -1.17. The van der Waals surface area contributed by atoms with E-state index in [0.29, 0.717) is 26.1 Å². The molecule has 0 aliphatic carbocycles. The minimum atomic E-state index is -3.14. The Hall–Kier alpha value is -0.130. The molecule has 1 N–H and O–H groups in total. The highest BCUT2D eigenvalue weighted by atomic mass is 32.2. The van der Waals surface area contributed by atoms with E-state index in [-0.39, 0.29) is 28.8 Å². The van der Waals surface area contributed by atoms with Crippen LogP contribution in [-0.4, -0.2) is 43.8 Å². The molecule has 0 unspecified atom stereocenters. The van der Waals surface area contributed by atoms with E-state index < -0.39 is 15.4 Å². The van der Waals surface area contributed by atoms with E-state index >= 15 is 0 Å². The Kier molecular flexibility index (Phi) is 8.06. The molecule has 0 aromatic heterocycles. The minimum absolute atomic E-state index is 0.0356. The molecule has 0 rings (SSSR count). The van der Waals surface area contributed by atoms with Crippen LogP contribution in [0, 0.1) is 10.8 Å². The summed E-state index contributed by atoms with van der Waals surface area (Å²) >= 11 is 0. The van der Waals surface area contributed by atoms with E-state index in [0.717, 1.165) is 0 Å². The molecule has 0 amide bonds. The van der Waals surface area contributed by atoms with Crippen LogP contribution in [0.5, 0.6) is 0 Å². The van der Waals surface area contributed by atoms with Crippen LogP contribution >= 0.6 is 0 Å². The molecule has 0 fully saturated rings. The van der Waals surface area contributed by atoms with Gasteiger partial charge in [-0.05, 0) is 30.1 Å². The highest BCUT2D eigenvalue weighted by Crippen LogP contribution is 2.36. The van der Waals surface area contributed by atoms with Crippen molar-refractivity contribution in [3.05, 3.63) is 0 Å². The van der Waals surface area contributed by atoms with Gasteiger partial charge in [0, 0.05) is 6.61 Å². The van der Waals surface area contributed by atoms with Crippen LogP contribution in [0.3, 0.4) is 0 Å². The fourth-order valence-electron chi connectivity index (χ4n) is 2.27. The normalized spacial score (nSPS) is 16.5. The lowest BCUT2D eigenvalue weighted by atomic mass is 9.73. The second-order valence-corrected chi connectivity index (χ2v) is 10.8. The van der Waals surface area contributed by atoms with E-state index in [2.05, 4.69) is 20.8 Å². The monoisotopic (exact) mass is 336 g/mol. The Morgan fingerprint density at radius 2 is 1.55 bits per heavy atom. The fourth-order valence-corrected chi connectivity index (χ4v) is 3.68. The summed E-state index contributed by atoms with van der Waals surface area (Å²) in [4.78, 5) is 0. The van der Waals surface area contributed by atoms with Gasteiger partial charge in [0.05, 0.1) is 23.7 Å². The molecule has 0 aliphatic heterocycles. The number of aliphatic hydroxyl groups is 1. The van der Waals surface area contributed by atoms with Gasteiger partial charge in [0.25, 0.3) is 0 Å². The van der Waals surface area contributed by atoms with Gasteiger partial charge < -0.3 is 9.84 Å². The average Bonchev–Trinajstić information content (AvgIpc) is 2.32. The van der Waals surface area contributed by atoms with Crippen molar-refractivity contribution in [2.45, 2.75) is 73.3 Å². The molecule has 1 atom stereocenters. The summed E-state index contributed by atoms with van der Waals surface area (Å²) in [6.45, 7) is 15.1. The lowest BCUT2D eigenvalue weighted by Gasteiger charge is -2.39. The van der Waals surface area contributed by atoms with E-state index in [9.17, 15) is 13.5 Å². The van der Waals surface area contributed by atoms with Crippen molar-refractivity contribution >= 4 is 9.84 Å². The zero-order chi connectivity index (χ0) is 17.7. The third-order valence-corrected chi connectivity index (χ3v) is 5.82. The Balaban J connectivity index is 4.26. The van der Waals surface area contributed by atoms with Gasteiger partial charge in [-0.1, -0.05) is 48.5 Å². The van der Waals surface area contributed by atoms with Crippen LogP contribution in [-0.2, 0) is 14.6 Å². The van der Waals surface area contributed by atoms with Gasteiger partial charge >= 0.3 is 0 Å². The van der Waals surface area contributed by atoms with Crippen molar-refractivity contribution in [1.29, 1.82) is 0 Å². The van der Waals surface area contributed by atoms with E-state index in [1.165, 1.54) is 0 Å². The summed E-state index contributed by atoms with van der Waals surface area (Å²) in [5, 5.41) is 10.6. The Morgan fingerprint density at radius 1 is 1.00 bits per heavy atom. The summed E-state index contributed by atoms with van der Waals surface area (Å²) in [7, 11) is -3.14. The number of ether oxygens (including phenoxy) is 1. The van der Waals surface area contributed by atoms with Crippen LogP contribution in [0.2, 0.25) is 0 Å². The molecule has 0 aromatic rings. The summed E-state index contributed by atoms with van der Waals surface area (Å²) in [5.74, 6) is 0.162. The van der Waals surface area contributed by atoms with Crippen LogP contribution in [0.25, 0.3) is 0 Å². The fraction of sp³-hybridized carbons (Fsp3) is 1.00. The van der Waals surface area contributed by atoms with Crippen molar-refractivity contribution < 1.29 is 18.3 Å². The molecule has 5 heteroatoms. The molecule has 0 heterocycles. The number of rotatable bonds is 9. The smallest absolute Gasteiger partial charge is 0.150 e. The first-order valence-electron chi connectivity index (χ1n) is 8.23. The molecule has 22 heavy (non-hydrogen) atoms. The molecule has 134 valence electrons. The van der Waals surface area contributed by atoms with Gasteiger partial charge in [-0.25, -0.2) is 8.42 Å². The standard InChI is InChI=1S/C17H36O4S/c1-8-17(18,16(5,6)7)10-13-22(19,20)12-9-11-21-14-15(2,3)4/h18H,8-14H2,1-7H3/t17-/m1/s1. The van der Waals surface area contributed by atoms with Crippen LogP contribution in [0.1, 0.15) is 67.7 Å². The van der Waals surface area contributed by atoms with Crippen molar-refractivity contribution in [1.82, 2.24) is 0 Å². The van der Waals surface area contributed by atoms with Gasteiger partial charge in [-0.3, -0.25) is 0 Å². The van der Waals surface area contributed by atoms with Crippen molar-refractivity contribution in [2.75, 3.05) is 24.7 Å². The van der Waals surface area contributed by atoms with Crippen molar-refractivity contribution in [2.24, 2.45) is 10.8 Å². The first-order chi connectivity index (χ1) is 9.72. The van der Waals surface area contributed by atoms with Crippen LogP contribution in [0.15, 0.2) is 0 Å². The Bertz CT molecular complexity index is 415. The summed E-state index contributed by atoms with van der Waals surface area (Å²) in [6, 6.07) is 0. The molecule has 0 saturated carbocycles. The van der Waals surface area contributed by atoms with Gasteiger partial charge in [-0.15, -0.1) is 0 Å². The number of hydrogen-bond donors (Lipinski definition) is 1. The highest BCUT2D eigenvalue weighted by molar-refractivity contribution is 7.91. The zero-order valence-corrected chi connectivity index (χ0v) is 16.3. The molecule has 0 radical (unpaired) electrons. The number of hydrogen-bond acceptors (Lipinski definition) is 4. The van der Waals surface area contributed by atoms with Gasteiger partial charge in [-0.2, -0.15) is 0 Å². The molecule has 0 aliphatic rings. The van der Waals surface area contributed by atoms with Gasteiger partial charge in [0.1, 0.15) is 0 Å². The predicted octanol–water partition coefficient (Wildman–Crippen LogP) is 3.43. The van der Waals surface area contributed by atoms with Gasteiger partial charge in [0.2, 0.25) is 0 Å². The molecule has 4 nitrogen and oxygen atoms in total. The van der Waals surface area contributed by atoms with Crippen LogP contribution in [0.4, 0.5) is 0 Å². The topological polar surface area (TPSA) is 63.6 Å². The third-order valence-electron chi connectivity index (χ3n) is 4.09. The maximum atomic E-state index is 12.1. The molecule has 0 spiro atoms. The largest absolute Gasteiger partial charge is 0.389 e. The first kappa shape index (κ1) is 21.9. The second kappa shape index (κ2) is 8.11. The van der Waals surface area contributed by atoms with E-state index in [4.69, 9.17) is 4.74 Å². The Labute approximate surface area is 137 Å². The summed E-state index contributed by atoms with van der Waals surface area (Å²) < 4.78 is 29.7. The number of sulfone groups is 1. The van der Waals surface area contributed by atoms with E-state index in [1.54, 1.807) is 0 Å². The van der Waals surface area contributed by atoms with Gasteiger partial charge in [0.15, 0.2) is 9.84 Å². The summed E-state index contributed by atoms with van der Waals surface area (Å²) in [6.07, 6.45) is 1.36. The predicted molar refractivity (Wildman–Crippen MR) is 92.9 cm³/mol. The average molecular weight is 337 g/mol. The lowest BCUT2D eigenvalue weighted by molar-refractivity contribution is -0.0630. The first-order valence-corrected chi connectivity index (χ1v) is 10.1. The maximum Gasteiger partial charge on any atom is 0.150 e. The molecular formula is C17H36O4S. The van der Waals surface area contributed by atoms with Crippen molar-refractivity contribution in [3.63, 3.8) is 0 Å². The molecule has 0 aromatic carbocycles. The van der Waals surface area contributed by atoms with Crippen molar-refractivity contribution in [3.8, 4) is 0 Å². The molecule has 0 bridgehead atoms. The molecule has 0 saturated heterocycles. The third kappa shape index (κ3) is 8.49. The maximum absolute atomic E-state index is 12.1. The minimum Gasteiger partial charge on any atom is -0.389 e. The Morgan fingerprint density at radius 3 is 1.95 bits per heavy atom. The van der Waals surface area contributed by atoms with E-state index in [1.807, 2.05) is 27.7 Å². The lowest BCUT2D eigenvalue weighted by Crippen LogP contribution is -2.43. The van der Waals surface area contributed by atoms with Crippen LogP contribution < -0.4 is 0 Å². The second-order valence-electron chi connectivity index (χ2n) is 8.50. The molecular weight excluding hydrogens is 300 g/mol. The SMILES string of the molecule is CC[C@@](O)(CCS(=O)(=O)CCCOCC(C)(C)C)C(C)(C)C. The quantitative estimate of drug-likeness (QED) is 0.655.